The average molecular weight is 280 g/mol. The SMILES string of the molecule is Cc1c(S(=O)(=O)NCCS(C)=O)c(N)nn1C. The average Bonchev–Trinajstić information content (AvgIpc) is 2.40. The Morgan fingerprint density at radius 3 is 2.53 bits per heavy atom. The van der Waals surface area contributed by atoms with Crippen LogP contribution in [-0.4, -0.2) is 41.0 Å². The summed E-state index contributed by atoms with van der Waals surface area (Å²) in [7, 11) is -3.11. The Hall–Kier alpha value is -0.930. The third-order valence-corrected chi connectivity index (χ3v) is 4.66. The summed E-state index contributed by atoms with van der Waals surface area (Å²) in [4.78, 5) is -0.0121. The minimum atomic E-state index is -3.69. The monoisotopic (exact) mass is 280 g/mol. The first-order valence-electron chi connectivity index (χ1n) is 4.84. The lowest BCUT2D eigenvalue weighted by molar-refractivity contribution is 0.583. The minimum absolute atomic E-state index is 0.0121. The summed E-state index contributed by atoms with van der Waals surface area (Å²) in [6.07, 6.45) is 1.51. The van der Waals surface area contributed by atoms with Crippen molar-refractivity contribution < 1.29 is 12.6 Å². The molecule has 1 heterocycles. The Bertz CT molecular complexity index is 535. The summed E-state index contributed by atoms with van der Waals surface area (Å²) in [5.74, 6) is 0.230. The van der Waals surface area contributed by atoms with E-state index in [0.717, 1.165) is 0 Å². The maximum absolute atomic E-state index is 11.9. The maximum atomic E-state index is 11.9. The number of hydrogen-bond donors (Lipinski definition) is 2. The highest BCUT2D eigenvalue weighted by Crippen LogP contribution is 2.20. The summed E-state index contributed by atoms with van der Waals surface area (Å²) in [5, 5.41) is 3.84. The lowest BCUT2D eigenvalue weighted by Crippen LogP contribution is -2.28. The van der Waals surface area contributed by atoms with Gasteiger partial charge < -0.3 is 5.73 Å². The number of aryl methyl sites for hydroxylation is 1. The Morgan fingerprint density at radius 2 is 2.12 bits per heavy atom. The molecule has 1 aromatic rings. The molecule has 1 aromatic heterocycles. The first kappa shape index (κ1) is 14.1. The first-order chi connectivity index (χ1) is 7.75. The molecular formula is C8H16N4O3S2. The van der Waals surface area contributed by atoms with Crippen LogP contribution in [0.1, 0.15) is 5.69 Å². The largest absolute Gasteiger partial charge is 0.381 e. The molecular weight excluding hydrogens is 264 g/mol. The van der Waals surface area contributed by atoms with Gasteiger partial charge in [0.05, 0.1) is 5.69 Å². The number of anilines is 1. The van der Waals surface area contributed by atoms with Gasteiger partial charge in [-0.1, -0.05) is 0 Å². The molecule has 0 aliphatic carbocycles. The van der Waals surface area contributed by atoms with E-state index in [0.29, 0.717) is 5.69 Å². The van der Waals surface area contributed by atoms with Gasteiger partial charge in [0.25, 0.3) is 0 Å². The normalized spacial score (nSPS) is 13.8. The standard InChI is InChI=1S/C8H16N4O3S2/c1-6-7(8(9)11-12(6)2)17(14,15)10-4-5-16(3)13/h10H,4-5H2,1-3H3,(H2,9,11). The summed E-state index contributed by atoms with van der Waals surface area (Å²) in [6.45, 7) is 1.73. The lowest BCUT2D eigenvalue weighted by Gasteiger charge is -2.05. The fourth-order valence-corrected chi connectivity index (χ4v) is 3.21. The number of sulfonamides is 1. The van der Waals surface area contributed by atoms with Crippen molar-refractivity contribution >= 4 is 26.6 Å². The zero-order valence-corrected chi connectivity index (χ0v) is 11.6. The Balaban J connectivity index is 2.94. The van der Waals surface area contributed by atoms with Crippen molar-refractivity contribution in [3.05, 3.63) is 5.69 Å². The summed E-state index contributed by atoms with van der Waals surface area (Å²) < 4.78 is 38.4. The summed E-state index contributed by atoms with van der Waals surface area (Å²) >= 11 is 0. The highest BCUT2D eigenvalue weighted by molar-refractivity contribution is 7.89. The second kappa shape index (κ2) is 5.15. The van der Waals surface area contributed by atoms with E-state index in [-0.39, 0.29) is 23.0 Å². The van der Waals surface area contributed by atoms with Crippen LogP contribution < -0.4 is 10.5 Å². The van der Waals surface area contributed by atoms with Gasteiger partial charge in [0, 0.05) is 36.4 Å². The number of rotatable bonds is 5. The van der Waals surface area contributed by atoms with Crippen LogP contribution in [0.2, 0.25) is 0 Å². The number of nitrogen functional groups attached to an aromatic ring is 1. The highest BCUT2D eigenvalue weighted by Gasteiger charge is 2.23. The van der Waals surface area contributed by atoms with Crippen molar-refractivity contribution in [2.75, 3.05) is 24.3 Å². The highest BCUT2D eigenvalue weighted by atomic mass is 32.2. The molecule has 9 heteroatoms. The van der Waals surface area contributed by atoms with Gasteiger partial charge >= 0.3 is 0 Å². The molecule has 0 bridgehead atoms. The number of nitrogens with two attached hydrogens (primary N) is 1. The van der Waals surface area contributed by atoms with Gasteiger partial charge in [0.1, 0.15) is 4.90 Å². The zero-order valence-electron chi connectivity index (χ0n) is 9.93. The fraction of sp³-hybridized carbons (Fsp3) is 0.625. The third-order valence-electron chi connectivity index (χ3n) is 2.25. The quantitative estimate of drug-likeness (QED) is 0.717. The molecule has 0 amide bonds. The Labute approximate surface area is 103 Å². The van der Waals surface area contributed by atoms with E-state index in [1.54, 1.807) is 14.0 Å². The van der Waals surface area contributed by atoms with Crippen LogP contribution in [-0.2, 0) is 27.9 Å². The third kappa shape index (κ3) is 3.27. The van der Waals surface area contributed by atoms with E-state index in [1.165, 1.54) is 10.9 Å². The van der Waals surface area contributed by atoms with Gasteiger partial charge in [-0.3, -0.25) is 8.89 Å². The van der Waals surface area contributed by atoms with Crippen molar-refractivity contribution in [2.45, 2.75) is 11.8 Å². The van der Waals surface area contributed by atoms with Crippen molar-refractivity contribution in [3.63, 3.8) is 0 Å². The van der Waals surface area contributed by atoms with Gasteiger partial charge in [-0.15, -0.1) is 0 Å². The first-order valence-corrected chi connectivity index (χ1v) is 8.05. The van der Waals surface area contributed by atoms with Gasteiger partial charge in [-0.2, -0.15) is 5.10 Å². The molecule has 0 aliphatic rings. The summed E-state index contributed by atoms with van der Waals surface area (Å²) in [6, 6.07) is 0. The van der Waals surface area contributed by atoms with Crippen LogP contribution >= 0.6 is 0 Å². The molecule has 0 saturated heterocycles. The molecule has 17 heavy (non-hydrogen) atoms. The van der Waals surface area contributed by atoms with Gasteiger partial charge in [0.15, 0.2) is 5.82 Å². The number of nitrogens with one attached hydrogen (secondary N) is 1. The molecule has 1 rings (SSSR count). The van der Waals surface area contributed by atoms with Gasteiger partial charge in [-0.05, 0) is 6.92 Å². The second-order valence-corrected chi connectivity index (χ2v) is 6.86. The van der Waals surface area contributed by atoms with Crippen molar-refractivity contribution in [1.29, 1.82) is 0 Å². The second-order valence-electron chi connectivity index (χ2n) is 3.60. The van der Waals surface area contributed by atoms with E-state index in [9.17, 15) is 12.6 Å². The van der Waals surface area contributed by atoms with Crippen molar-refractivity contribution in [3.8, 4) is 0 Å². The number of hydrogen-bond acceptors (Lipinski definition) is 5. The van der Waals surface area contributed by atoms with E-state index in [2.05, 4.69) is 9.82 Å². The summed E-state index contributed by atoms with van der Waals surface area (Å²) in [5.41, 5.74) is 6.01. The van der Waals surface area contributed by atoms with Gasteiger partial charge in [0.2, 0.25) is 10.0 Å². The predicted molar refractivity (Wildman–Crippen MR) is 66.5 cm³/mol. The molecule has 0 aliphatic heterocycles. The van der Waals surface area contributed by atoms with Crippen LogP contribution in [0.3, 0.4) is 0 Å². The molecule has 0 saturated carbocycles. The van der Waals surface area contributed by atoms with Crippen LogP contribution in [0.5, 0.6) is 0 Å². The van der Waals surface area contributed by atoms with Crippen LogP contribution in [0, 0.1) is 6.92 Å². The number of nitrogens with zero attached hydrogens (tertiary/aromatic N) is 2. The Morgan fingerprint density at radius 1 is 1.53 bits per heavy atom. The lowest BCUT2D eigenvalue weighted by atomic mass is 10.5. The predicted octanol–water partition coefficient (Wildman–Crippen LogP) is -1.03. The van der Waals surface area contributed by atoms with E-state index >= 15 is 0 Å². The zero-order chi connectivity index (χ0) is 13.2. The molecule has 98 valence electrons. The molecule has 1 unspecified atom stereocenters. The van der Waals surface area contributed by atoms with Crippen LogP contribution in [0.15, 0.2) is 4.90 Å². The van der Waals surface area contributed by atoms with Crippen LogP contribution in [0.25, 0.3) is 0 Å². The number of aromatic nitrogens is 2. The minimum Gasteiger partial charge on any atom is -0.381 e. The molecule has 1 atom stereocenters. The van der Waals surface area contributed by atoms with E-state index in [4.69, 9.17) is 5.73 Å². The van der Waals surface area contributed by atoms with E-state index < -0.39 is 20.8 Å². The maximum Gasteiger partial charge on any atom is 0.246 e. The molecule has 0 aromatic carbocycles. The Kier molecular flexibility index (Phi) is 4.28. The van der Waals surface area contributed by atoms with Crippen LogP contribution in [0.4, 0.5) is 5.82 Å². The molecule has 7 nitrogen and oxygen atoms in total. The smallest absolute Gasteiger partial charge is 0.246 e. The molecule has 0 fully saturated rings. The topological polar surface area (TPSA) is 107 Å². The van der Waals surface area contributed by atoms with Crippen molar-refractivity contribution in [1.82, 2.24) is 14.5 Å². The van der Waals surface area contributed by atoms with Gasteiger partial charge in [-0.25, -0.2) is 13.1 Å². The molecule has 0 spiro atoms. The van der Waals surface area contributed by atoms with Crippen molar-refractivity contribution in [2.24, 2.45) is 7.05 Å². The molecule has 0 radical (unpaired) electrons. The molecule has 3 N–H and O–H groups in total. The fourth-order valence-electron chi connectivity index (χ4n) is 1.34. The van der Waals surface area contributed by atoms with E-state index in [1.807, 2.05) is 0 Å².